The van der Waals surface area contributed by atoms with E-state index in [1.165, 1.54) is 29.7 Å². The van der Waals surface area contributed by atoms with Crippen LogP contribution in [-0.2, 0) is 11.3 Å². The topological polar surface area (TPSA) is 23.6 Å². The van der Waals surface area contributed by atoms with Crippen LogP contribution in [-0.4, -0.2) is 28.8 Å². The third-order valence-corrected chi connectivity index (χ3v) is 5.18. The molecule has 2 aliphatic heterocycles. The molecule has 3 nitrogen and oxygen atoms in total. The number of carbonyl (C=O) groups excluding carboxylic acids is 1. The summed E-state index contributed by atoms with van der Waals surface area (Å²) in [5.41, 5.74) is 3.68. The van der Waals surface area contributed by atoms with Crippen LogP contribution in [0.25, 0.3) is 0 Å². The molecule has 0 N–H and O–H groups in total. The van der Waals surface area contributed by atoms with E-state index in [4.69, 9.17) is 0 Å². The summed E-state index contributed by atoms with van der Waals surface area (Å²) in [7, 11) is 0. The standard InChI is InChI=1S/C22H24N2O/c25-21-14-13-20(23-15-7-8-16-23)22(19-11-5-2-6-12-19)24(21)17-18-9-3-1-4-10-18/h1-6,9-13,22H,7-8,14-17H2. The lowest BCUT2D eigenvalue weighted by Gasteiger charge is -2.40. The van der Waals surface area contributed by atoms with Gasteiger partial charge in [0.1, 0.15) is 0 Å². The molecule has 0 saturated carbocycles. The van der Waals surface area contributed by atoms with Crippen molar-refractivity contribution < 1.29 is 4.79 Å². The van der Waals surface area contributed by atoms with Gasteiger partial charge in [-0.25, -0.2) is 0 Å². The maximum atomic E-state index is 12.8. The first-order chi connectivity index (χ1) is 12.3. The van der Waals surface area contributed by atoms with E-state index in [1.807, 2.05) is 24.3 Å². The van der Waals surface area contributed by atoms with Crippen LogP contribution >= 0.6 is 0 Å². The minimum atomic E-state index is 0.0146. The Kier molecular flexibility index (Phi) is 4.55. The van der Waals surface area contributed by atoms with Crippen molar-refractivity contribution in [1.82, 2.24) is 9.80 Å². The fraction of sp³-hybridized carbons (Fsp3) is 0.318. The zero-order valence-electron chi connectivity index (χ0n) is 14.5. The van der Waals surface area contributed by atoms with E-state index in [9.17, 15) is 4.79 Å². The molecule has 2 aliphatic rings. The molecule has 2 heterocycles. The van der Waals surface area contributed by atoms with Crippen molar-refractivity contribution in [1.29, 1.82) is 0 Å². The van der Waals surface area contributed by atoms with E-state index in [0.29, 0.717) is 13.0 Å². The van der Waals surface area contributed by atoms with Gasteiger partial charge in [-0.2, -0.15) is 0 Å². The largest absolute Gasteiger partial charge is 0.373 e. The molecule has 0 bridgehead atoms. The number of carbonyl (C=O) groups is 1. The first kappa shape index (κ1) is 15.9. The second-order valence-corrected chi connectivity index (χ2v) is 6.85. The highest BCUT2D eigenvalue weighted by molar-refractivity contribution is 5.80. The zero-order chi connectivity index (χ0) is 17.1. The highest BCUT2D eigenvalue weighted by atomic mass is 16.2. The molecule has 3 heteroatoms. The molecule has 1 amide bonds. The predicted octanol–water partition coefficient (Wildman–Crippen LogP) is 4.14. The summed E-state index contributed by atoms with van der Waals surface area (Å²) in [6.45, 7) is 2.86. The average Bonchev–Trinajstić information content (AvgIpc) is 3.19. The molecule has 128 valence electrons. The van der Waals surface area contributed by atoms with E-state index in [1.54, 1.807) is 0 Å². The molecular weight excluding hydrogens is 308 g/mol. The van der Waals surface area contributed by atoms with Gasteiger partial charge in [0.05, 0.1) is 6.04 Å². The Bertz CT molecular complexity index is 748. The van der Waals surface area contributed by atoms with Gasteiger partial charge < -0.3 is 9.80 Å². The summed E-state index contributed by atoms with van der Waals surface area (Å²) in [5, 5.41) is 0. The maximum absolute atomic E-state index is 12.8. The summed E-state index contributed by atoms with van der Waals surface area (Å²) < 4.78 is 0. The molecular formula is C22H24N2O. The summed E-state index contributed by atoms with van der Waals surface area (Å²) in [6.07, 6.45) is 5.14. The van der Waals surface area contributed by atoms with Gasteiger partial charge >= 0.3 is 0 Å². The van der Waals surface area contributed by atoms with Crippen LogP contribution in [0.15, 0.2) is 72.4 Å². The quantitative estimate of drug-likeness (QED) is 0.840. The number of hydrogen-bond acceptors (Lipinski definition) is 2. The van der Waals surface area contributed by atoms with Crippen molar-refractivity contribution in [2.45, 2.75) is 31.8 Å². The Balaban J connectivity index is 1.72. The Morgan fingerprint density at radius 1 is 0.880 bits per heavy atom. The molecule has 2 aromatic rings. The smallest absolute Gasteiger partial charge is 0.227 e. The number of hydrogen-bond donors (Lipinski definition) is 0. The van der Waals surface area contributed by atoms with Gasteiger partial charge in [-0.15, -0.1) is 0 Å². The van der Waals surface area contributed by atoms with Gasteiger partial charge in [0.2, 0.25) is 5.91 Å². The van der Waals surface area contributed by atoms with Crippen LogP contribution in [0.3, 0.4) is 0 Å². The van der Waals surface area contributed by atoms with Gasteiger partial charge in [0.15, 0.2) is 0 Å². The first-order valence-corrected chi connectivity index (χ1v) is 9.16. The third-order valence-electron chi connectivity index (χ3n) is 5.18. The molecule has 0 radical (unpaired) electrons. The van der Waals surface area contributed by atoms with Gasteiger partial charge in [-0.3, -0.25) is 4.79 Å². The molecule has 0 aliphatic carbocycles. The lowest BCUT2D eigenvalue weighted by molar-refractivity contribution is -0.134. The molecule has 1 atom stereocenters. The van der Waals surface area contributed by atoms with Crippen molar-refractivity contribution in [3.05, 3.63) is 83.6 Å². The van der Waals surface area contributed by atoms with Crippen molar-refractivity contribution >= 4 is 5.91 Å². The normalized spacial score (nSPS) is 20.7. The lowest BCUT2D eigenvalue weighted by Crippen LogP contribution is -2.41. The molecule has 2 aromatic carbocycles. The molecule has 0 aromatic heterocycles. The number of amides is 1. The van der Waals surface area contributed by atoms with Crippen LogP contribution in [0.1, 0.15) is 36.4 Å². The second kappa shape index (κ2) is 7.14. The first-order valence-electron chi connectivity index (χ1n) is 9.16. The monoisotopic (exact) mass is 332 g/mol. The van der Waals surface area contributed by atoms with Gasteiger partial charge in [0, 0.05) is 31.8 Å². The second-order valence-electron chi connectivity index (χ2n) is 6.85. The van der Waals surface area contributed by atoms with Crippen LogP contribution in [0.4, 0.5) is 0 Å². The van der Waals surface area contributed by atoms with Crippen molar-refractivity contribution in [3.63, 3.8) is 0 Å². The SMILES string of the molecule is O=C1CC=C(N2CCCC2)C(c2ccccc2)N1Cc1ccccc1. The number of rotatable bonds is 4. The van der Waals surface area contributed by atoms with E-state index in [2.05, 4.69) is 52.3 Å². The van der Waals surface area contributed by atoms with Crippen LogP contribution < -0.4 is 0 Å². The van der Waals surface area contributed by atoms with Crippen molar-refractivity contribution in [2.24, 2.45) is 0 Å². The predicted molar refractivity (Wildman–Crippen MR) is 99.7 cm³/mol. The average molecular weight is 332 g/mol. The fourth-order valence-corrected chi connectivity index (χ4v) is 3.95. The van der Waals surface area contributed by atoms with Gasteiger partial charge in [-0.05, 0) is 24.0 Å². The van der Waals surface area contributed by atoms with E-state index >= 15 is 0 Å². The molecule has 25 heavy (non-hydrogen) atoms. The Morgan fingerprint density at radius 2 is 1.52 bits per heavy atom. The summed E-state index contributed by atoms with van der Waals surface area (Å²) in [4.78, 5) is 17.3. The van der Waals surface area contributed by atoms with E-state index in [-0.39, 0.29) is 11.9 Å². The van der Waals surface area contributed by atoms with Crippen LogP contribution in [0, 0.1) is 0 Å². The Hall–Kier alpha value is -2.55. The van der Waals surface area contributed by atoms with Gasteiger partial charge in [-0.1, -0.05) is 66.7 Å². The molecule has 1 saturated heterocycles. The summed E-state index contributed by atoms with van der Waals surface area (Å²) >= 11 is 0. The summed E-state index contributed by atoms with van der Waals surface area (Å²) in [6, 6.07) is 20.8. The van der Waals surface area contributed by atoms with Crippen molar-refractivity contribution in [3.8, 4) is 0 Å². The minimum Gasteiger partial charge on any atom is -0.373 e. The van der Waals surface area contributed by atoms with Gasteiger partial charge in [0.25, 0.3) is 0 Å². The number of likely N-dealkylation sites (tertiary alicyclic amines) is 1. The minimum absolute atomic E-state index is 0.0146. The fourth-order valence-electron chi connectivity index (χ4n) is 3.95. The molecule has 1 unspecified atom stereocenters. The number of nitrogens with zero attached hydrogens (tertiary/aromatic N) is 2. The zero-order valence-corrected chi connectivity index (χ0v) is 14.5. The summed E-state index contributed by atoms with van der Waals surface area (Å²) in [5.74, 6) is 0.209. The third kappa shape index (κ3) is 3.32. The van der Waals surface area contributed by atoms with Crippen LogP contribution in [0.2, 0.25) is 0 Å². The van der Waals surface area contributed by atoms with E-state index in [0.717, 1.165) is 13.1 Å². The molecule has 0 spiro atoms. The lowest BCUT2D eigenvalue weighted by atomic mass is 9.95. The highest BCUT2D eigenvalue weighted by Crippen LogP contribution is 2.37. The number of benzene rings is 2. The van der Waals surface area contributed by atoms with Crippen molar-refractivity contribution in [2.75, 3.05) is 13.1 Å². The Morgan fingerprint density at radius 3 is 2.20 bits per heavy atom. The van der Waals surface area contributed by atoms with Crippen LogP contribution in [0.5, 0.6) is 0 Å². The molecule has 1 fully saturated rings. The maximum Gasteiger partial charge on any atom is 0.227 e. The Labute approximate surface area is 149 Å². The van der Waals surface area contributed by atoms with E-state index < -0.39 is 0 Å². The molecule has 4 rings (SSSR count). The highest BCUT2D eigenvalue weighted by Gasteiger charge is 2.34.